The van der Waals surface area contributed by atoms with Crippen LogP contribution in [0.25, 0.3) is 34.7 Å². The van der Waals surface area contributed by atoms with Gasteiger partial charge in [-0.2, -0.15) is 0 Å². The molecule has 0 aliphatic carbocycles. The van der Waals surface area contributed by atoms with Crippen LogP contribution >= 0.6 is 0 Å². The van der Waals surface area contributed by atoms with Crippen molar-refractivity contribution < 1.29 is 18.3 Å². The third-order valence-electron chi connectivity index (χ3n) is 3.71. The van der Waals surface area contributed by atoms with Crippen LogP contribution in [0.1, 0.15) is 0 Å². The number of benzene rings is 2. The van der Waals surface area contributed by atoms with Gasteiger partial charge in [0, 0.05) is 11.1 Å². The quantitative estimate of drug-likeness (QED) is 0.540. The number of methoxy groups -OCH3 is 2. The molecule has 0 aliphatic heterocycles. The van der Waals surface area contributed by atoms with E-state index in [4.69, 9.17) is 18.3 Å². The number of nitrogens with zero attached hydrogens (tertiary/aromatic N) is 4. The summed E-state index contributed by atoms with van der Waals surface area (Å²) in [5, 5.41) is 16.0. The standard InChI is InChI=1S/C18H14N4O4/c1-23-13-7-3-11(4-8-13)15-19-21-17(25-15)18-22-20-16(26-18)12-5-9-14(24-2)10-6-12/h3-10H,1-2H3. The van der Waals surface area contributed by atoms with Crippen molar-refractivity contribution in [2.45, 2.75) is 0 Å². The summed E-state index contributed by atoms with van der Waals surface area (Å²) in [6.07, 6.45) is 0. The molecule has 26 heavy (non-hydrogen) atoms. The number of hydrogen-bond acceptors (Lipinski definition) is 8. The molecule has 0 amide bonds. The second-order valence-electron chi connectivity index (χ2n) is 5.28. The van der Waals surface area contributed by atoms with Gasteiger partial charge in [0.15, 0.2) is 0 Å². The second kappa shape index (κ2) is 6.67. The van der Waals surface area contributed by atoms with Crippen LogP contribution in [-0.2, 0) is 0 Å². The largest absolute Gasteiger partial charge is 0.497 e. The molecule has 0 N–H and O–H groups in total. The predicted molar refractivity (Wildman–Crippen MR) is 91.6 cm³/mol. The van der Waals surface area contributed by atoms with Gasteiger partial charge in [-0.3, -0.25) is 0 Å². The Labute approximate surface area is 148 Å². The molecule has 0 spiro atoms. The summed E-state index contributed by atoms with van der Waals surface area (Å²) in [5.74, 6) is 2.51. The number of hydrogen-bond donors (Lipinski definition) is 0. The van der Waals surface area contributed by atoms with Crippen molar-refractivity contribution in [3.05, 3.63) is 48.5 Å². The molecule has 0 fully saturated rings. The smallest absolute Gasteiger partial charge is 0.306 e. The maximum absolute atomic E-state index is 5.64. The zero-order valence-corrected chi connectivity index (χ0v) is 14.0. The fourth-order valence-corrected chi connectivity index (χ4v) is 2.32. The average Bonchev–Trinajstić information content (AvgIpc) is 3.38. The highest BCUT2D eigenvalue weighted by atomic mass is 16.5. The first-order valence-electron chi connectivity index (χ1n) is 7.73. The van der Waals surface area contributed by atoms with E-state index in [1.807, 2.05) is 48.5 Å². The van der Waals surface area contributed by atoms with Crippen LogP contribution in [0, 0.1) is 0 Å². The van der Waals surface area contributed by atoms with E-state index in [0.717, 1.165) is 22.6 Å². The van der Waals surface area contributed by atoms with Crippen molar-refractivity contribution in [3.63, 3.8) is 0 Å². The van der Waals surface area contributed by atoms with E-state index < -0.39 is 0 Å². The number of ether oxygens (including phenoxy) is 2. The van der Waals surface area contributed by atoms with Crippen molar-refractivity contribution >= 4 is 0 Å². The minimum Gasteiger partial charge on any atom is -0.497 e. The van der Waals surface area contributed by atoms with E-state index in [1.165, 1.54) is 0 Å². The van der Waals surface area contributed by atoms with Crippen molar-refractivity contribution in [2.75, 3.05) is 14.2 Å². The highest BCUT2D eigenvalue weighted by Crippen LogP contribution is 2.27. The first-order chi connectivity index (χ1) is 12.8. The van der Waals surface area contributed by atoms with Crippen LogP contribution in [0.2, 0.25) is 0 Å². The zero-order valence-electron chi connectivity index (χ0n) is 14.0. The molecular weight excluding hydrogens is 336 g/mol. The third-order valence-corrected chi connectivity index (χ3v) is 3.71. The summed E-state index contributed by atoms with van der Waals surface area (Å²) in [4.78, 5) is 0. The van der Waals surface area contributed by atoms with Gasteiger partial charge in [-0.25, -0.2) is 0 Å². The lowest BCUT2D eigenvalue weighted by Gasteiger charge is -1.99. The fourth-order valence-electron chi connectivity index (χ4n) is 2.32. The minimum atomic E-state index is 0.156. The van der Waals surface area contributed by atoms with Gasteiger partial charge < -0.3 is 18.3 Å². The second-order valence-corrected chi connectivity index (χ2v) is 5.28. The number of aromatic nitrogens is 4. The van der Waals surface area contributed by atoms with Crippen LogP contribution in [0.4, 0.5) is 0 Å². The zero-order chi connectivity index (χ0) is 17.9. The summed E-state index contributed by atoms with van der Waals surface area (Å²) in [7, 11) is 3.21. The Morgan fingerprint density at radius 3 is 1.23 bits per heavy atom. The Balaban J connectivity index is 1.58. The lowest BCUT2D eigenvalue weighted by Crippen LogP contribution is -1.82. The van der Waals surface area contributed by atoms with Gasteiger partial charge in [-0.05, 0) is 48.5 Å². The van der Waals surface area contributed by atoms with E-state index >= 15 is 0 Å². The van der Waals surface area contributed by atoms with E-state index in [-0.39, 0.29) is 11.8 Å². The van der Waals surface area contributed by atoms with Gasteiger partial charge in [-0.15, -0.1) is 20.4 Å². The van der Waals surface area contributed by atoms with Gasteiger partial charge >= 0.3 is 11.8 Å². The van der Waals surface area contributed by atoms with E-state index in [9.17, 15) is 0 Å². The molecule has 0 bridgehead atoms. The Morgan fingerprint density at radius 2 is 0.885 bits per heavy atom. The molecule has 0 aliphatic rings. The fraction of sp³-hybridized carbons (Fsp3) is 0.111. The average molecular weight is 350 g/mol. The number of rotatable bonds is 5. The topological polar surface area (TPSA) is 96.3 Å². The summed E-state index contributed by atoms with van der Waals surface area (Å²) >= 11 is 0. The Morgan fingerprint density at radius 1 is 0.538 bits per heavy atom. The summed E-state index contributed by atoms with van der Waals surface area (Å²) in [5.41, 5.74) is 1.53. The minimum absolute atomic E-state index is 0.156. The molecule has 0 radical (unpaired) electrons. The van der Waals surface area contributed by atoms with Crippen LogP contribution < -0.4 is 9.47 Å². The van der Waals surface area contributed by atoms with E-state index in [2.05, 4.69) is 20.4 Å². The third kappa shape index (κ3) is 3.00. The molecule has 8 nitrogen and oxygen atoms in total. The van der Waals surface area contributed by atoms with Gasteiger partial charge in [0.05, 0.1) is 14.2 Å². The summed E-state index contributed by atoms with van der Waals surface area (Å²) < 4.78 is 21.5. The summed E-state index contributed by atoms with van der Waals surface area (Å²) in [6.45, 7) is 0. The molecule has 130 valence electrons. The van der Waals surface area contributed by atoms with Gasteiger partial charge in [-0.1, -0.05) is 0 Å². The lowest BCUT2D eigenvalue weighted by atomic mass is 10.2. The van der Waals surface area contributed by atoms with Crippen molar-refractivity contribution in [2.24, 2.45) is 0 Å². The van der Waals surface area contributed by atoms with Crippen LogP contribution in [0.5, 0.6) is 11.5 Å². The molecule has 0 unspecified atom stereocenters. The van der Waals surface area contributed by atoms with Crippen LogP contribution in [-0.4, -0.2) is 34.6 Å². The SMILES string of the molecule is COc1ccc(-c2nnc(-c3nnc(-c4ccc(OC)cc4)o3)o2)cc1. The van der Waals surface area contributed by atoms with E-state index in [0.29, 0.717) is 11.8 Å². The van der Waals surface area contributed by atoms with Crippen LogP contribution in [0.15, 0.2) is 57.4 Å². The molecule has 2 aromatic heterocycles. The predicted octanol–water partition coefficient (Wildman–Crippen LogP) is 3.47. The molecular formula is C18H14N4O4. The summed E-state index contributed by atoms with van der Waals surface area (Å²) in [6, 6.07) is 14.6. The Hall–Kier alpha value is -3.68. The monoisotopic (exact) mass is 350 g/mol. The first-order valence-corrected chi connectivity index (χ1v) is 7.73. The normalized spacial score (nSPS) is 10.7. The molecule has 8 heteroatoms. The molecule has 4 rings (SSSR count). The first kappa shape index (κ1) is 15.8. The van der Waals surface area contributed by atoms with Crippen molar-refractivity contribution in [1.82, 2.24) is 20.4 Å². The van der Waals surface area contributed by atoms with Crippen LogP contribution in [0.3, 0.4) is 0 Å². The van der Waals surface area contributed by atoms with Gasteiger partial charge in [0.2, 0.25) is 11.8 Å². The maximum atomic E-state index is 5.64. The molecule has 2 aromatic carbocycles. The van der Waals surface area contributed by atoms with Crippen molar-refractivity contribution in [3.8, 4) is 46.2 Å². The molecule has 2 heterocycles. The molecule has 0 saturated carbocycles. The van der Waals surface area contributed by atoms with Crippen molar-refractivity contribution in [1.29, 1.82) is 0 Å². The van der Waals surface area contributed by atoms with E-state index in [1.54, 1.807) is 14.2 Å². The molecule has 0 saturated heterocycles. The Kier molecular flexibility index (Phi) is 4.06. The maximum Gasteiger partial charge on any atom is 0.306 e. The highest BCUT2D eigenvalue weighted by molar-refractivity contribution is 5.57. The molecule has 0 atom stereocenters. The van der Waals surface area contributed by atoms with Gasteiger partial charge in [0.25, 0.3) is 0 Å². The Bertz CT molecular complexity index is 923. The lowest BCUT2D eigenvalue weighted by molar-refractivity contribution is 0.414. The highest BCUT2D eigenvalue weighted by Gasteiger charge is 2.17. The molecule has 4 aromatic rings. The van der Waals surface area contributed by atoms with Gasteiger partial charge in [0.1, 0.15) is 11.5 Å².